The second-order valence-corrected chi connectivity index (χ2v) is 3.08. The van der Waals surface area contributed by atoms with Gasteiger partial charge in [0.15, 0.2) is 6.79 Å². The molecule has 1 unspecified atom stereocenters. The van der Waals surface area contributed by atoms with E-state index in [9.17, 15) is 9.59 Å². The van der Waals surface area contributed by atoms with E-state index in [0.717, 1.165) is 5.06 Å². The SMILES string of the molecule is CNCOCON1C(=O)CC(C)C1=O. The molecule has 6 heteroatoms. The van der Waals surface area contributed by atoms with Gasteiger partial charge in [-0.2, -0.15) is 5.06 Å². The number of rotatable bonds is 5. The molecule has 0 bridgehead atoms. The second-order valence-electron chi connectivity index (χ2n) is 3.08. The Morgan fingerprint density at radius 3 is 2.79 bits per heavy atom. The minimum Gasteiger partial charge on any atom is -0.338 e. The maximum atomic E-state index is 11.3. The van der Waals surface area contributed by atoms with Gasteiger partial charge >= 0.3 is 0 Å². The minimum absolute atomic E-state index is 0.106. The number of nitrogens with one attached hydrogen (secondary N) is 1. The molecule has 1 N–H and O–H groups in total. The van der Waals surface area contributed by atoms with E-state index in [4.69, 9.17) is 9.57 Å². The number of hydrogen-bond donors (Lipinski definition) is 1. The van der Waals surface area contributed by atoms with E-state index in [1.54, 1.807) is 14.0 Å². The summed E-state index contributed by atoms with van der Waals surface area (Å²) in [4.78, 5) is 27.3. The standard InChI is InChI=1S/C8H14N2O4/c1-6-3-7(11)10(8(6)12)14-5-13-4-9-2/h6,9H,3-5H2,1-2H3. The highest BCUT2D eigenvalue weighted by Gasteiger charge is 2.36. The van der Waals surface area contributed by atoms with Crippen molar-refractivity contribution in [1.29, 1.82) is 0 Å². The Bertz CT molecular complexity index is 231. The Balaban J connectivity index is 2.30. The van der Waals surface area contributed by atoms with Gasteiger partial charge in [0.1, 0.15) is 0 Å². The van der Waals surface area contributed by atoms with E-state index >= 15 is 0 Å². The monoisotopic (exact) mass is 202 g/mol. The molecule has 0 aromatic carbocycles. The average Bonchev–Trinajstić information content (AvgIpc) is 2.38. The summed E-state index contributed by atoms with van der Waals surface area (Å²) in [5, 5.41) is 3.51. The van der Waals surface area contributed by atoms with Crippen molar-refractivity contribution in [2.75, 3.05) is 20.6 Å². The molecule has 80 valence electrons. The van der Waals surface area contributed by atoms with Gasteiger partial charge in [0.2, 0.25) is 0 Å². The highest BCUT2D eigenvalue weighted by molar-refractivity contribution is 6.02. The Morgan fingerprint density at radius 2 is 2.29 bits per heavy atom. The van der Waals surface area contributed by atoms with Crippen molar-refractivity contribution in [3.8, 4) is 0 Å². The fraction of sp³-hybridized carbons (Fsp3) is 0.750. The third kappa shape index (κ3) is 2.50. The lowest BCUT2D eigenvalue weighted by molar-refractivity contribution is -0.218. The van der Waals surface area contributed by atoms with E-state index in [0.29, 0.717) is 6.73 Å². The maximum Gasteiger partial charge on any atom is 0.256 e. The van der Waals surface area contributed by atoms with Crippen LogP contribution in [-0.4, -0.2) is 37.4 Å². The molecule has 0 radical (unpaired) electrons. The molecule has 1 saturated heterocycles. The summed E-state index contributed by atoms with van der Waals surface area (Å²) < 4.78 is 4.90. The van der Waals surface area contributed by atoms with Crippen LogP contribution in [0.5, 0.6) is 0 Å². The summed E-state index contributed by atoms with van der Waals surface area (Å²) >= 11 is 0. The van der Waals surface area contributed by atoms with Crippen LogP contribution in [0.4, 0.5) is 0 Å². The van der Waals surface area contributed by atoms with Crippen LogP contribution in [0.3, 0.4) is 0 Å². The van der Waals surface area contributed by atoms with E-state index in [-0.39, 0.29) is 30.9 Å². The molecule has 1 rings (SSSR count). The lowest BCUT2D eigenvalue weighted by Crippen LogP contribution is -2.32. The number of imide groups is 1. The maximum absolute atomic E-state index is 11.3. The first-order valence-corrected chi connectivity index (χ1v) is 4.39. The van der Waals surface area contributed by atoms with Gasteiger partial charge in [0.05, 0.1) is 6.73 Å². The molecule has 2 amide bonds. The molecule has 1 atom stereocenters. The Morgan fingerprint density at radius 1 is 1.57 bits per heavy atom. The van der Waals surface area contributed by atoms with Gasteiger partial charge in [-0.25, -0.2) is 4.84 Å². The van der Waals surface area contributed by atoms with Crippen molar-refractivity contribution >= 4 is 11.8 Å². The van der Waals surface area contributed by atoms with Crippen LogP contribution >= 0.6 is 0 Å². The number of ether oxygens (including phenoxy) is 1. The van der Waals surface area contributed by atoms with Gasteiger partial charge in [-0.1, -0.05) is 6.92 Å². The topological polar surface area (TPSA) is 67.9 Å². The molecule has 0 aliphatic carbocycles. The van der Waals surface area contributed by atoms with Gasteiger partial charge in [0, 0.05) is 12.3 Å². The first-order chi connectivity index (χ1) is 6.66. The number of hydrogen-bond acceptors (Lipinski definition) is 5. The van der Waals surface area contributed by atoms with Gasteiger partial charge in [-0.05, 0) is 7.05 Å². The first kappa shape index (κ1) is 11.1. The van der Waals surface area contributed by atoms with Crippen molar-refractivity contribution in [1.82, 2.24) is 10.4 Å². The summed E-state index contributed by atoms with van der Waals surface area (Å²) in [5.41, 5.74) is 0. The number of carbonyl (C=O) groups excluding carboxylic acids is 2. The molecule has 14 heavy (non-hydrogen) atoms. The molecule has 1 fully saturated rings. The Kier molecular flexibility index (Phi) is 3.99. The van der Waals surface area contributed by atoms with Crippen LogP contribution in [0.15, 0.2) is 0 Å². The molecule has 6 nitrogen and oxygen atoms in total. The van der Waals surface area contributed by atoms with E-state index in [2.05, 4.69) is 5.32 Å². The zero-order valence-electron chi connectivity index (χ0n) is 8.28. The largest absolute Gasteiger partial charge is 0.338 e. The molecule has 0 aromatic heterocycles. The van der Waals surface area contributed by atoms with Crippen molar-refractivity contribution < 1.29 is 19.2 Å². The predicted molar refractivity (Wildman–Crippen MR) is 46.6 cm³/mol. The number of hydroxylamine groups is 2. The zero-order valence-corrected chi connectivity index (χ0v) is 8.28. The number of nitrogens with zero attached hydrogens (tertiary/aromatic N) is 1. The summed E-state index contributed by atoms with van der Waals surface area (Å²) in [6.07, 6.45) is 0.213. The minimum atomic E-state index is -0.310. The van der Waals surface area contributed by atoms with E-state index in [1.165, 1.54) is 0 Å². The fourth-order valence-electron chi connectivity index (χ4n) is 1.12. The predicted octanol–water partition coefficient (Wildman–Crippen LogP) is -0.536. The van der Waals surface area contributed by atoms with Gasteiger partial charge in [-0.3, -0.25) is 14.9 Å². The summed E-state index contributed by atoms with van der Waals surface area (Å²) in [6, 6.07) is 0. The van der Waals surface area contributed by atoms with Crippen LogP contribution in [0.1, 0.15) is 13.3 Å². The van der Waals surface area contributed by atoms with Gasteiger partial charge < -0.3 is 4.74 Å². The van der Waals surface area contributed by atoms with Crippen LogP contribution in [-0.2, 0) is 19.2 Å². The number of amides is 2. The Hall–Kier alpha value is -0.980. The molecule has 0 spiro atoms. The van der Waals surface area contributed by atoms with Crippen molar-refractivity contribution in [2.24, 2.45) is 5.92 Å². The van der Waals surface area contributed by atoms with E-state index in [1.807, 2.05) is 0 Å². The van der Waals surface area contributed by atoms with Crippen LogP contribution in [0.25, 0.3) is 0 Å². The first-order valence-electron chi connectivity index (χ1n) is 4.39. The van der Waals surface area contributed by atoms with Crippen LogP contribution in [0.2, 0.25) is 0 Å². The normalized spacial score (nSPS) is 22.1. The number of carbonyl (C=O) groups is 2. The van der Waals surface area contributed by atoms with Crippen molar-refractivity contribution in [2.45, 2.75) is 13.3 Å². The highest BCUT2D eigenvalue weighted by Crippen LogP contribution is 2.18. The third-order valence-corrected chi connectivity index (χ3v) is 1.84. The van der Waals surface area contributed by atoms with Crippen LogP contribution in [0, 0.1) is 5.92 Å². The zero-order chi connectivity index (χ0) is 10.6. The molecule has 0 aromatic rings. The van der Waals surface area contributed by atoms with Gasteiger partial charge in [0.25, 0.3) is 11.8 Å². The summed E-state index contributed by atoms with van der Waals surface area (Å²) in [5.74, 6) is -0.898. The Labute approximate surface area is 82.1 Å². The van der Waals surface area contributed by atoms with Crippen LogP contribution < -0.4 is 5.32 Å². The molecular formula is C8H14N2O4. The average molecular weight is 202 g/mol. The molecule has 1 heterocycles. The fourth-order valence-corrected chi connectivity index (χ4v) is 1.12. The van der Waals surface area contributed by atoms with Crippen molar-refractivity contribution in [3.63, 3.8) is 0 Å². The second kappa shape index (κ2) is 5.04. The van der Waals surface area contributed by atoms with E-state index < -0.39 is 0 Å². The quantitative estimate of drug-likeness (QED) is 0.368. The van der Waals surface area contributed by atoms with Crippen molar-refractivity contribution in [3.05, 3.63) is 0 Å². The third-order valence-electron chi connectivity index (χ3n) is 1.84. The lowest BCUT2D eigenvalue weighted by atomic mass is 10.1. The molecule has 1 aliphatic rings. The molecule has 1 aliphatic heterocycles. The summed E-state index contributed by atoms with van der Waals surface area (Å²) in [7, 11) is 1.72. The smallest absolute Gasteiger partial charge is 0.256 e. The van der Waals surface area contributed by atoms with Gasteiger partial charge in [-0.15, -0.1) is 0 Å². The highest BCUT2D eigenvalue weighted by atomic mass is 16.8. The lowest BCUT2D eigenvalue weighted by Gasteiger charge is -2.13. The summed E-state index contributed by atoms with van der Waals surface area (Å²) in [6.45, 7) is 1.90. The molecular weight excluding hydrogens is 188 g/mol. The molecule has 0 saturated carbocycles.